The second kappa shape index (κ2) is 8.29. The van der Waals surface area contributed by atoms with Gasteiger partial charge in [-0.15, -0.1) is 11.7 Å². The lowest BCUT2D eigenvalue weighted by atomic mass is 10.2. The van der Waals surface area contributed by atoms with Gasteiger partial charge in [0, 0.05) is 12.1 Å². The molecule has 0 spiro atoms. The highest BCUT2D eigenvalue weighted by Crippen LogP contribution is 2.20. The second-order valence-corrected chi connectivity index (χ2v) is 7.69. The quantitative estimate of drug-likeness (QED) is 0.567. The Morgan fingerprint density at radius 1 is 1.24 bits per heavy atom. The summed E-state index contributed by atoms with van der Waals surface area (Å²) in [4.78, 5) is 12.5. The molecule has 0 unspecified atom stereocenters. The fraction of sp³-hybridized carbons (Fsp3) is 0.111. The fourth-order valence-electron chi connectivity index (χ4n) is 2.44. The molecule has 11 heteroatoms. The molecule has 0 bridgehead atoms. The zero-order valence-electron chi connectivity index (χ0n) is 15.3. The summed E-state index contributed by atoms with van der Waals surface area (Å²) in [5, 5.41) is 13.6. The second-order valence-electron chi connectivity index (χ2n) is 5.92. The van der Waals surface area contributed by atoms with Crippen molar-refractivity contribution in [2.24, 2.45) is 0 Å². The average Bonchev–Trinajstić information content (AvgIpc) is 3.14. The van der Waals surface area contributed by atoms with Gasteiger partial charge in [-0.3, -0.25) is 4.79 Å². The van der Waals surface area contributed by atoms with Gasteiger partial charge in [-0.05, 0) is 59.8 Å². The highest BCUT2D eigenvalue weighted by molar-refractivity contribution is 7.89. The van der Waals surface area contributed by atoms with Gasteiger partial charge in [0.05, 0.1) is 16.3 Å². The topological polar surface area (TPSA) is 119 Å². The first-order chi connectivity index (χ1) is 13.8. The Morgan fingerprint density at radius 2 is 1.97 bits per heavy atom. The number of amides is 1. The number of aryl methyl sites for hydroxylation is 1. The Morgan fingerprint density at radius 3 is 2.59 bits per heavy atom. The number of nitrogens with zero attached hydrogens (tertiary/aromatic N) is 4. The summed E-state index contributed by atoms with van der Waals surface area (Å²) in [6, 6.07) is 9.32. The molecule has 2 aromatic carbocycles. The zero-order valence-corrected chi connectivity index (χ0v) is 16.1. The third-order valence-corrected chi connectivity index (χ3v) is 5.35. The van der Waals surface area contributed by atoms with Gasteiger partial charge in [0.25, 0.3) is 5.91 Å². The van der Waals surface area contributed by atoms with Crippen LogP contribution in [0.15, 0.2) is 60.0 Å². The molecular weight excluding hydrogens is 399 g/mol. The van der Waals surface area contributed by atoms with Crippen molar-refractivity contribution < 1.29 is 17.6 Å². The normalized spacial score (nSPS) is 11.2. The van der Waals surface area contributed by atoms with Crippen molar-refractivity contribution in [1.29, 1.82) is 0 Å². The van der Waals surface area contributed by atoms with Gasteiger partial charge < -0.3 is 5.32 Å². The number of carbonyl (C=O) groups excluding carboxylic acids is 1. The van der Waals surface area contributed by atoms with E-state index in [-0.39, 0.29) is 22.7 Å². The minimum Gasteiger partial charge on any atom is -0.319 e. The molecule has 9 nitrogen and oxygen atoms in total. The van der Waals surface area contributed by atoms with E-state index in [1.54, 1.807) is 6.92 Å². The van der Waals surface area contributed by atoms with Crippen molar-refractivity contribution in [3.05, 3.63) is 72.3 Å². The monoisotopic (exact) mass is 416 g/mol. The first-order valence-electron chi connectivity index (χ1n) is 8.38. The van der Waals surface area contributed by atoms with E-state index >= 15 is 0 Å². The van der Waals surface area contributed by atoms with Gasteiger partial charge in [-0.2, -0.15) is 4.68 Å². The molecule has 3 rings (SSSR count). The number of anilines is 1. The fourth-order valence-corrected chi connectivity index (χ4v) is 3.44. The summed E-state index contributed by atoms with van der Waals surface area (Å²) < 4.78 is 42.0. The maximum absolute atomic E-state index is 14.2. The van der Waals surface area contributed by atoms with E-state index < -0.39 is 21.7 Å². The largest absolute Gasteiger partial charge is 0.319 e. The van der Waals surface area contributed by atoms with Crippen molar-refractivity contribution in [3.63, 3.8) is 0 Å². The van der Waals surface area contributed by atoms with E-state index in [0.717, 1.165) is 0 Å². The summed E-state index contributed by atoms with van der Waals surface area (Å²) >= 11 is 0. The summed E-state index contributed by atoms with van der Waals surface area (Å²) in [5.74, 6) is -0.742. The van der Waals surface area contributed by atoms with Gasteiger partial charge in [0.2, 0.25) is 10.0 Å². The average molecular weight is 416 g/mol. The first-order valence-corrected chi connectivity index (χ1v) is 9.87. The SMILES string of the molecule is C=CCNS(=O)(=O)c1ccc(C(=O)Nc2cc(-n3nnnc3C)ccc2F)cc1. The van der Waals surface area contributed by atoms with Crippen molar-refractivity contribution in [2.45, 2.75) is 11.8 Å². The van der Waals surface area contributed by atoms with Gasteiger partial charge in [-0.25, -0.2) is 17.5 Å². The Hall–Kier alpha value is -3.44. The summed E-state index contributed by atoms with van der Waals surface area (Å²) in [6.45, 7) is 5.21. The molecule has 0 atom stereocenters. The smallest absolute Gasteiger partial charge is 0.255 e. The van der Waals surface area contributed by atoms with Crippen molar-refractivity contribution in [2.75, 3.05) is 11.9 Å². The van der Waals surface area contributed by atoms with Crippen LogP contribution in [0.4, 0.5) is 10.1 Å². The molecule has 0 aliphatic carbocycles. The molecule has 29 heavy (non-hydrogen) atoms. The molecule has 0 aliphatic heterocycles. The molecular formula is C18H17FN6O3S. The van der Waals surface area contributed by atoms with E-state index in [0.29, 0.717) is 11.5 Å². The minimum atomic E-state index is -3.70. The van der Waals surface area contributed by atoms with Crippen LogP contribution >= 0.6 is 0 Å². The van der Waals surface area contributed by atoms with Gasteiger partial charge in [0.1, 0.15) is 5.82 Å². The van der Waals surface area contributed by atoms with Crippen molar-refractivity contribution >= 4 is 21.6 Å². The number of rotatable bonds is 7. The van der Waals surface area contributed by atoms with Crippen LogP contribution in [0.2, 0.25) is 0 Å². The van der Waals surface area contributed by atoms with Crippen LogP contribution in [-0.4, -0.2) is 41.1 Å². The van der Waals surface area contributed by atoms with E-state index in [4.69, 9.17) is 0 Å². The van der Waals surface area contributed by atoms with E-state index in [9.17, 15) is 17.6 Å². The third-order valence-electron chi connectivity index (χ3n) is 3.91. The maximum atomic E-state index is 14.2. The molecule has 0 saturated heterocycles. The zero-order chi connectivity index (χ0) is 21.0. The number of nitrogens with one attached hydrogen (secondary N) is 2. The minimum absolute atomic E-state index is 0.00163. The Labute approximate surface area is 166 Å². The molecule has 0 fully saturated rings. The first kappa shape index (κ1) is 20.3. The van der Waals surface area contributed by atoms with Gasteiger partial charge in [0.15, 0.2) is 5.82 Å². The lowest BCUT2D eigenvalue weighted by molar-refractivity contribution is 0.102. The predicted octanol–water partition coefficient (Wildman–Crippen LogP) is 1.83. The number of hydrogen-bond acceptors (Lipinski definition) is 6. The van der Waals surface area contributed by atoms with Crippen LogP contribution in [0.5, 0.6) is 0 Å². The molecule has 0 saturated carbocycles. The third kappa shape index (κ3) is 4.52. The predicted molar refractivity (Wildman–Crippen MR) is 104 cm³/mol. The highest BCUT2D eigenvalue weighted by Gasteiger charge is 2.15. The summed E-state index contributed by atoms with van der Waals surface area (Å²) in [7, 11) is -3.70. The lowest BCUT2D eigenvalue weighted by Gasteiger charge is -2.10. The molecule has 0 radical (unpaired) electrons. The van der Waals surface area contributed by atoms with Crippen LogP contribution in [-0.2, 0) is 10.0 Å². The number of benzene rings is 2. The van der Waals surface area contributed by atoms with E-state index in [2.05, 4.69) is 32.1 Å². The number of tetrazole rings is 1. The van der Waals surface area contributed by atoms with Crippen LogP contribution in [0.1, 0.15) is 16.2 Å². The Balaban J connectivity index is 1.80. The molecule has 1 heterocycles. The van der Waals surface area contributed by atoms with Crippen LogP contribution in [0, 0.1) is 12.7 Å². The highest BCUT2D eigenvalue weighted by atomic mass is 32.2. The standard InChI is InChI=1S/C18H17FN6O3S/c1-3-10-20-29(27,28)15-7-4-13(5-8-15)18(26)21-17-11-14(6-9-16(17)19)25-12(2)22-23-24-25/h3-9,11,20H,1,10H2,2H3,(H,21,26). The number of hydrogen-bond donors (Lipinski definition) is 2. The summed E-state index contributed by atoms with van der Waals surface area (Å²) in [6.07, 6.45) is 1.42. The van der Waals surface area contributed by atoms with Crippen LogP contribution in [0.25, 0.3) is 5.69 Å². The Kier molecular flexibility index (Phi) is 5.80. The molecule has 3 aromatic rings. The van der Waals surface area contributed by atoms with Crippen LogP contribution < -0.4 is 10.0 Å². The maximum Gasteiger partial charge on any atom is 0.255 e. The Bertz CT molecular complexity index is 1160. The molecule has 0 aliphatic rings. The number of aromatic nitrogens is 4. The van der Waals surface area contributed by atoms with Gasteiger partial charge >= 0.3 is 0 Å². The number of sulfonamides is 1. The molecule has 1 amide bonds. The van der Waals surface area contributed by atoms with Crippen LogP contribution in [0.3, 0.4) is 0 Å². The van der Waals surface area contributed by atoms with Gasteiger partial charge in [-0.1, -0.05) is 6.08 Å². The number of carbonyl (C=O) groups is 1. The van der Waals surface area contributed by atoms with Crippen molar-refractivity contribution in [1.82, 2.24) is 24.9 Å². The summed E-state index contributed by atoms with van der Waals surface area (Å²) in [5.41, 5.74) is 0.571. The number of halogens is 1. The van der Waals surface area contributed by atoms with E-state index in [1.807, 2.05) is 0 Å². The molecule has 150 valence electrons. The van der Waals surface area contributed by atoms with Crippen molar-refractivity contribution in [3.8, 4) is 5.69 Å². The lowest BCUT2D eigenvalue weighted by Crippen LogP contribution is -2.23. The molecule has 1 aromatic heterocycles. The van der Waals surface area contributed by atoms with E-state index in [1.165, 1.54) is 53.2 Å². The molecule has 2 N–H and O–H groups in total.